The van der Waals surface area contributed by atoms with Crippen LogP contribution in [0.5, 0.6) is 0 Å². The van der Waals surface area contributed by atoms with Gasteiger partial charge in [-0.15, -0.1) is 0 Å². The lowest BCUT2D eigenvalue weighted by atomic mass is 10.1. The molecule has 6 nitrogen and oxygen atoms in total. The van der Waals surface area contributed by atoms with E-state index in [4.69, 9.17) is 5.73 Å². The van der Waals surface area contributed by atoms with E-state index in [-0.39, 0.29) is 11.8 Å². The summed E-state index contributed by atoms with van der Waals surface area (Å²) in [6.07, 6.45) is 0. The summed E-state index contributed by atoms with van der Waals surface area (Å²) in [4.78, 5) is 14.8. The fourth-order valence-corrected chi connectivity index (χ4v) is 2.60. The van der Waals surface area contributed by atoms with E-state index in [1.165, 1.54) is 23.3 Å². The molecule has 134 valence electrons. The lowest BCUT2D eigenvalue weighted by Gasteiger charge is -2.17. The second kappa shape index (κ2) is 7.88. The summed E-state index contributed by atoms with van der Waals surface area (Å²) >= 11 is 0. The second-order valence-electron chi connectivity index (χ2n) is 6.16. The zero-order chi connectivity index (χ0) is 18.5. The third-order valence-electron chi connectivity index (χ3n) is 3.91. The van der Waals surface area contributed by atoms with Crippen LogP contribution in [0.1, 0.15) is 17.0 Å². The third kappa shape index (κ3) is 4.73. The Labute approximate surface area is 151 Å². The number of nitrogens with zero attached hydrogens (tertiary/aromatic N) is 4. The number of nitrogens with one attached hydrogen (secondary N) is 1. The highest BCUT2D eigenvalue weighted by molar-refractivity contribution is 5.53. The number of aromatic nitrogens is 3. The van der Waals surface area contributed by atoms with E-state index in [1.807, 2.05) is 19.2 Å². The zero-order valence-corrected chi connectivity index (χ0v) is 14.8. The quantitative estimate of drug-likeness (QED) is 0.709. The molecule has 1 aromatic heterocycles. The first-order valence-electron chi connectivity index (χ1n) is 8.25. The highest BCUT2D eigenvalue weighted by Crippen LogP contribution is 2.15. The van der Waals surface area contributed by atoms with Crippen molar-refractivity contribution in [3.05, 3.63) is 71.3 Å². The molecule has 0 saturated heterocycles. The van der Waals surface area contributed by atoms with Gasteiger partial charge in [-0.3, -0.25) is 4.90 Å². The molecule has 3 aromatic rings. The number of aryl methyl sites for hydroxylation is 1. The largest absolute Gasteiger partial charge is 0.368 e. The van der Waals surface area contributed by atoms with Gasteiger partial charge in [0.25, 0.3) is 0 Å². The van der Waals surface area contributed by atoms with Crippen molar-refractivity contribution in [2.45, 2.75) is 20.0 Å². The van der Waals surface area contributed by atoms with Gasteiger partial charge in [0.05, 0.1) is 6.54 Å². The van der Waals surface area contributed by atoms with Crippen molar-refractivity contribution in [1.82, 2.24) is 19.9 Å². The predicted molar refractivity (Wildman–Crippen MR) is 100 cm³/mol. The molecule has 2 aromatic carbocycles. The summed E-state index contributed by atoms with van der Waals surface area (Å²) in [5, 5.41) is 3.02. The predicted octanol–water partition coefficient (Wildman–Crippen LogP) is 3.28. The van der Waals surface area contributed by atoms with Crippen LogP contribution in [0.3, 0.4) is 0 Å². The molecule has 0 amide bonds. The lowest BCUT2D eigenvalue weighted by Crippen LogP contribution is -2.20. The molecule has 0 aliphatic rings. The van der Waals surface area contributed by atoms with Crippen molar-refractivity contribution in [2.75, 3.05) is 18.1 Å². The highest BCUT2D eigenvalue weighted by Gasteiger charge is 2.09. The monoisotopic (exact) mass is 352 g/mol. The zero-order valence-electron chi connectivity index (χ0n) is 14.8. The molecule has 0 unspecified atom stereocenters. The van der Waals surface area contributed by atoms with E-state index < -0.39 is 0 Å². The molecule has 0 radical (unpaired) electrons. The maximum absolute atomic E-state index is 13.0. The van der Waals surface area contributed by atoms with E-state index in [0.29, 0.717) is 24.0 Å². The summed E-state index contributed by atoms with van der Waals surface area (Å²) in [7, 11) is 2.00. The Morgan fingerprint density at radius 1 is 1.00 bits per heavy atom. The molecule has 0 bridgehead atoms. The normalized spacial score (nSPS) is 10.9. The van der Waals surface area contributed by atoms with E-state index in [2.05, 4.69) is 44.2 Å². The van der Waals surface area contributed by atoms with Crippen molar-refractivity contribution >= 4 is 17.6 Å². The van der Waals surface area contributed by atoms with Crippen LogP contribution in [0.15, 0.2) is 48.5 Å². The standard InChI is InChI=1S/C19H21FN6/c1-13-5-3-4-6-14(13)11-26(2)12-17-23-18(21)25-19(24-17)22-16-9-7-15(20)8-10-16/h3-10H,11-12H2,1-2H3,(H3,21,22,23,24,25). The summed E-state index contributed by atoms with van der Waals surface area (Å²) in [5.41, 5.74) is 8.98. The third-order valence-corrected chi connectivity index (χ3v) is 3.91. The maximum Gasteiger partial charge on any atom is 0.232 e. The molecule has 1 heterocycles. The van der Waals surface area contributed by atoms with Crippen molar-refractivity contribution in [1.29, 1.82) is 0 Å². The second-order valence-corrected chi connectivity index (χ2v) is 6.16. The fourth-order valence-electron chi connectivity index (χ4n) is 2.60. The van der Waals surface area contributed by atoms with Crippen LogP contribution in [0, 0.1) is 12.7 Å². The van der Waals surface area contributed by atoms with Gasteiger partial charge in [-0.25, -0.2) is 4.39 Å². The first-order valence-corrected chi connectivity index (χ1v) is 8.25. The van der Waals surface area contributed by atoms with Crippen molar-refractivity contribution < 1.29 is 4.39 Å². The van der Waals surface area contributed by atoms with E-state index in [1.54, 1.807) is 12.1 Å². The molecule has 3 N–H and O–H groups in total. The van der Waals surface area contributed by atoms with Gasteiger partial charge in [-0.2, -0.15) is 15.0 Å². The average Bonchev–Trinajstić information content (AvgIpc) is 2.58. The van der Waals surface area contributed by atoms with Crippen LogP contribution in [0.2, 0.25) is 0 Å². The lowest BCUT2D eigenvalue weighted by molar-refractivity contribution is 0.310. The van der Waals surface area contributed by atoms with Gasteiger partial charge in [0.15, 0.2) is 0 Å². The van der Waals surface area contributed by atoms with E-state index in [0.717, 1.165) is 6.54 Å². The molecule has 0 fully saturated rings. The van der Waals surface area contributed by atoms with Crippen molar-refractivity contribution in [3.63, 3.8) is 0 Å². The van der Waals surface area contributed by atoms with Crippen LogP contribution < -0.4 is 11.1 Å². The summed E-state index contributed by atoms with van der Waals surface area (Å²) in [5.74, 6) is 0.745. The Kier molecular flexibility index (Phi) is 5.38. The van der Waals surface area contributed by atoms with Crippen LogP contribution in [-0.2, 0) is 13.1 Å². The number of nitrogens with two attached hydrogens (primary N) is 1. The minimum Gasteiger partial charge on any atom is -0.368 e. The Morgan fingerprint density at radius 3 is 2.46 bits per heavy atom. The first-order chi connectivity index (χ1) is 12.5. The Hall–Kier alpha value is -3.06. The molecule has 0 spiro atoms. The molecule has 0 atom stereocenters. The molecule has 3 rings (SSSR count). The molecular weight excluding hydrogens is 331 g/mol. The fraction of sp³-hybridized carbons (Fsp3) is 0.211. The minimum absolute atomic E-state index is 0.143. The van der Waals surface area contributed by atoms with Crippen LogP contribution in [0.4, 0.5) is 22.0 Å². The summed E-state index contributed by atoms with van der Waals surface area (Å²) < 4.78 is 13.0. The van der Waals surface area contributed by atoms with Crippen molar-refractivity contribution in [2.24, 2.45) is 0 Å². The molecule has 7 heteroatoms. The molecule has 0 saturated carbocycles. The van der Waals surface area contributed by atoms with Gasteiger partial charge in [-0.05, 0) is 49.4 Å². The van der Waals surface area contributed by atoms with Gasteiger partial charge in [0, 0.05) is 12.2 Å². The van der Waals surface area contributed by atoms with Gasteiger partial charge in [-0.1, -0.05) is 24.3 Å². The number of nitrogen functional groups attached to an aromatic ring is 1. The molecule has 26 heavy (non-hydrogen) atoms. The van der Waals surface area contributed by atoms with Gasteiger partial charge in [0.2, 0.25) is 11.9 Å². The van der Waals surface area contributed by atoms with Gasteiger partial charge < -0.3 is 11.1 Å². The average molecular weight is 352 g/mol. The maximum atomic E-state index is 13.0. The van der Waals surface area contributed by atoms with Gasteiger partial charge in [0.1, 0.15) is 11.6 Å². The molecule has 0 aliphatic carbocycles. The number of halogens is 1. The number of hydrogen-bond donors (Lipinski definition) is 2. The summed E-state index contributed by atoms with van der Waals surface area (Å²) in [6.45, 7) is 3.40. The number of rotatable bonds is 6. The SMILES string of the molecule is Cc1ccccc1CN(C)Cc1nc(N)nc(Nc2ccc(F)cc2)n1. The van der Waals surface area contributed by atoms with E-state index >= 15 is 0 Å². The van der Waals surface area contributed by atoms with Crippen LogP contribution >= 0.6 is 0 Å². The number of hydrogen-bond acceptors (Lipinski definition) is 6. The smallest absolute Gasteiger partial charge is 0.232 e. The Balaban J connectivity index is 1.70. The molecule has 0 aliphatic heterocycles. The molecular formula is C19H21FN6. The van der Waals surface area contributed by atoms with E-state index in [9.17, 15) is 4.39 Å². The first kappa shape index (κ1) is 17.8. The van der Waals surface area contributed by atoms with Gasteiger partial charge >= 0.3 is 0 Å². The minimum atomic E-state index is -0.302. The topological polar surface area (TPSA) is 80.0 Å². The van der Waals surface area contributed by atoms with Crippen LogP contribution in [0.25, 0.3) is 0 Å². The summed E-state index contributed by atoms with van der Waals surface area (Å²) in [6, 6.07) is 14.2. The highest BCUT2D eigenvalue weighted by atomic mass is 19.1. The van der Waals surface area contributed by atoms with Crippen LogP contribution in [-0.4, -0.2) is 26.9 Å². The Morgan fingerprint density at radius 2 is 1.73 bits per heavy atom. The number of anilines is 3. The Bertz CT molecular complexity index is 881. The number of benzene rings is 2. The van der Waals surface area contributed by atoms with Crippen molar-refractivity contribution in [3.8, 4) is 0 Å².